The van der Waals surface area contributed by atoms with Gasteiger partial charge in [0, 0.05) is 19.1 Å². The molecule has 0 radical (unpaired) electrons. The van der Waals surface area contributed by atoms with Crippen LogP contribution in [0, 0.1) is 6.92 Å². The van der Waals surface area contributed by atoms with Gasteiger partial charge in [-0.05, 0) is 4.98 Å². The Morgan fingerprint density at radius 3 is 2.62 bits per heavy atom. The summed E-state index contributed by atoms with van der Waals surface area (Å²) in [7, 11) is 1.97. The number of nitrogen functional groups attached to an aromatic ring is 1. The molecule has 2 aromatic heterocycles. The molecule has 0 bridgehead atoms. The number of nitrogens with two attached hydrogens (primary N) is 1. The van der Waals surface area contributed by atoms with Gasteiger partial charge in [0.05, 0.1) is 7.05 Å². The minimum absolute atomic E-state index is 0.604. The van der Waals surface area contributed by atoms with E-state index in [1.807, 2.05) is 55.3 Å². The van der Waals surface area contributed by atoms with Crippen LogP contribution < -0.4 is 14.9 Å². The van der Waals surface area contributed by atoms with Gasteiger partial charge in [-0.2, -0.15) is 0 Å². The van der Waals surface area contributed by atoms with Crippen molar-refractivity contribution in [3.63, 3.8) is 0 Å². The lowest BCUT2D eigenvalue weighted by Crippen LogP contribution is -2.38. The average molecular weight is 216 g/mol. The van der Waals surface area contributed by atoms with Gasteiger partial charge in [-0.1, -0.05) is 6.07 Å². The Balaban J connectivity index is 2.32. The van der Waals surface area contributed by atoms with Crippen molar-refractivity contribution in [2.45, 2.75) is 13.5 Å². The maximum Gasteiger partial charge on any atom is 0.297 e. The van der Waals surface area contributed by atoms with Crippen LogP contribution in [-0.2, 0) is 13.6 Å². The molecule has 0 spiro atoms. The summed E-state index contributed by atoms with van der Waals surface area (Å²) in [4.78, 5) is 4.30. The molecule has 4 nitrogen and oxygen atoms in total. The van der Waals surface area contributed by atoms with E-state index in [0.29, 0.717) is 5.82 Å². The molecule has 4 heteroatoms. The highest BCUT2D eigenvalue weighted by Gasteiger charge is 2.15. The van der Waals surface area contributed by atoms with Crippen LogP contribution in [0.5, 0.6) is 0 Å². The maximum absolute atomic E-state index is 5.90. The maximum atomic E-state index is 5.90. The van der Waals surface area contributed by atoms with E-state index in [4.69, 9.17) is 5.73 Å². The van der Waals surface area contributed by atoms with Crippen molar-refractivity contribution in [1.82, 2.24) is 4.98 Å². The van der Waals surface area contributed by atoms with Gasteiger partial charge < -0.3 is 5.73 Å². The second kappa shape index (κ2) is 4.26. The van der Waals surface area contributed by atoms with E-state index in [-0.39, 0.29) is 0 Å². The predicted octanol–water partition coefficient (Wildman–Crippen LogP) is 0.133. The molecule has 2 N–H and O–H groups in total. The first-order valence-corrected chi connectivity index (χ1v) is 5.22. The number of hydrogen-bond acceptors (Lipinski definition) is 2. The van der Waals surface area contributed by atoms with E-state index < -0.39 is 0 Å². The Morgan fingerprint density at radius 1 is 1.25 bits per heavy atom. The largest absolute Gasteiger partial charge is 0.362 e. The van der Waals surface area contributed by atoms with Crippen LogP contribution in [-0.4, -0.2) is 4.98 Å². The number of pyridine rings is 1. The SMILES string of the molecule is Cc1nc(N)c(C[n+]2ccccc2)c[n+]1C. The van der Waals surface area contributed by atoms with Gasteiger partial charge in [-0.15, -0.1) is 0 Å². The van der Waals surface area contributed by atoms with Crippen molar-refractivity contribution in [2.75, 3.05) is 5.73 Å². The van der Waals surface area contributed by atoms with E-state index >= 15 is 0 Å². The molecule has 0 unspecified atom stereocenters. The fraction of sp³-hybridized carbons (Fsp3) is 0.250. The first-order valence-electron chi connectivity index (χ1n) is 5.22. The Hall–Kier alpha value is -1.97. The molecule has 0 aromatic carbocycles. The van der Waals surface area contributed by atoms with Gasteiger partial charge in [0.15, 0.2) is 18.9 Å². The van der Waals surface area contributed by atoms with E-state index in [1.54, 1.807) is 0 Å². The van der Waals surface area contributed by atoms with Gasteiger partial charge in [0.25, 0.3) is 11.6 Å². The standard InChI is InChI=1S/C12H15N4/c1-10-14-12(13)11(8-15(10)2)9-16-6-4-3-5-7-16/h3-8,13H,9H2,1-2H3/q+1/p+1. The van der Waals surface area contributed by atoms with Crippen molar-refractivity contribution < 1.29 is 9.13 Å². The van der Waals surface area contributed by atoms with Crippen LogP contribution in [0.4, 0.5) is 5.82 Å². The topological polar surface area (TPSA) is 46.7 Å². The van der Waals surface area contributed by atoms with Gasteiger partial charge in [0.1, 0.15) is 11.8 Å². The summed E-state index contributed by atoms with van der Waals surface area (Å²) in [5, 5.41) is 0. The fourth-order valence-corrected chi connectivity index (χ4v) is 1.58. The molecule has 2 rings (SSSR count). The zero-order valence-corrected chi connectivity index (χ0v) is 9.59. The average Bonchev–Trinajstić information content (AvgIpc) is 2.27. The summed E-state index contributed by atoms with van der Waals surface area (Å²) in [6.07, 6.45) is 6.05. The summed E-state index contributed by atoms with van der Waals surface area (Å²) in [6.45, 7) is 2.68. The summed E-state index contributed by atoms with van der Waals surface area (Å²) in [5.41, 5.74) is 6.93. The smallest absolute Gasteiger partial charge is 0.297 e. The van der Waals surface area contributed by atoms with Crippen LogP contribution in [0.25, 0.3) is 0 Å². The number of aryl methyl sites for hydroxylation is 2. The van der Waals surface area contributed by atoms with Crippen LogP contribution in [0.3, 0.4) is 0 Å². The van der Waals surface area contributed by atoms with Crippen molar-refractivity contribution in [1.29, 1.82) is 0 Å². The second-order valence-corrected chi connectivity index (χ2v) is 3.86. The third kappa shape index (κ3) is 2.16. The molecular formula is C12H16N4+2. The molecule has 0 atom stereocenters. The summed E-state index contributed by atoms with van der Waals surface area (Å²) in [5.74, 6) is 1.52. The Labute approximate surface area is 95.0 Å². The molecule has 82 valence electrons. The van der Waals surface area contributed by atoms with E-state index in [1.165, 1.54) is 0 Å². The molecule has 2 heterocycles. The molecule has 0 fully saturated rings. The fourth-order valence-electron chi connectivity index (χ4n) is 1.58. The minimum Gasteiger partial charge on any atom is -0.362 e. The zero-order chi connectivity index (χ0) is 11.5. The predicted molar refractivity (Wildman–Crippen MR) is 60.3 cm³/mol. The van der Waals surface area contributed by atoms with E-state index in [0.717, 1.165) is 17.9 Å². The lowest BCUT2D eigenvalue weighted by molar-refractivity contribution is -0.697. The number of rotatable bonds is 2. The van der Waals surface area contributed by atoms with Crippen LogP contribution in [0.1, 0.15) is 11.4 Å². The second-order valence-electron chi connectivity index (χ2n) is 3.86. The highest BCUT2D eigenvalue weighted by atomic mass is 15.0. The lowest BCUT2D eigenvalue weighted by Gasteiger charge is -2.00. The first-order chi connectivity index (χ1) is 7.66. The Morgan fingerprint density at radius 2 is 1.94 bits per heavy atom. The molecular weight excluding hydrogens is 200 g/mol. The summed E-state index contributed by atoms with van der Waals surface area (Å²) in [6, 6.07) is 5.99. The monoisotopic (exact) mass is 216 g/mol. The van der Waals surface area contributed by atoms with E-state index in [2.05, 4.69) is 9.55 Å². The molecule has 0 aliphatic carbocycles. The zero-order valence-electron chi connectivity index (χ0n) is 9.59. The summed E-state index contributed by atoms with van der Waals surface area (Å²) >= 11 is 0. The number of hydrogen-bond donors (Lipinski definition) is 1. The third-order valence-corrected chi connectivity index (χ3v) is 2.60. The molecule has 2 aromatic rings. The number of nitrogens with zero attached hydrogens (tertiary/aromatic N) is 3. The van der Waals surface area contributed by atoms with Gasteiger partial charge in [-0.3, -0.25) is 0 Å². The third-order valence-electron chi connectivity index (χ3n) is 2.60. The van der Waals surface area contributed by atoms with Crippen LogP contribution >= 0.6 is 0 Å². The number of aromatic nitrogens is 3. The highest BCUT2D eigenvalue weighted by molar-refractivity contribution is 5.35. The molecule has 0 amide bonds. The Kier molecular flexibility index (Phi) is 2.81. The van der Waals surface area contributed by atoms with Crippen molar-refractivity contribution in [3.8, 4) is 0 Å². The van der Waals surface area contributed by atoms with Crippen molar-refractivity contribution in [2.24, 2.45) is 7.05 Å². The normalized spacial score (nSPS) is 10.4. The van der Waals surface area contributed by atoms with Gasteiger partial charge in [-0.25, -0.2) is 9.13 Å². The molecule has 0 aliphatic heterocycles. The molecule has 0 saturated carbocycles. The Bertz CT molecular complexity index is 494. The van der Waals surface area contributed by atoms with Crippen LogP contribution in [0.15, 0.2) is 36.8 Å². The molecule has 0 saturated heterocycles. The minimum atomic E-state index is 0.604. The number of anilines is 1. The van der Waals surface area contributed by atoms with Crippen molar-refractivity contribution >= 4 is 5.82 Å². The van der Waals surface area contributed by atoms with Gasteiger partial charge >= 0.3 is 0 Å². The molecule has 16 heavy (non-hydrogen) atoms. The van der Waals surface area contributed by atoms with Crippen LogP contribution in [0.2, 0.25) is 0 Å². The lowest BCUT2D eigenvalue weighted by atomic mass is 10.3. The van der Waals surface area contributed by atoms with E-state index in [9.17, 15) is 0 Å². The summed E-state index contributed by atoms with van der Waals surface area (Å²) < 4.78 is 4.05. The first kappa shape index (κ1) is 10.5. The van der Waals surface area contributed by atoms with Gasteiger partial charge in [0.2, 0.25) is 0 Å². The van der Waals surface area contributed by atoms with Crippen molar-refractivity contribution in [3.05, 3.63) is 48.2 Å². The molecule has 0 aliphatic rings. The quantitative estimate of drug-likeness (QED) is 0.725. The highest BCUT2D eigenvalue weighted by Crippen LogP contribution is 2.04.